The molecule has 2 N–H and O–H groups in total. The Morgan fingerprint density at radius 2 is 1.73 bits per heavy atom. The first kappa shape index (κ1) is 20.2. The lowest BCUT2D eigenvalue weighted by molar-refractivity contribution is -0.143. The Hall–Kier alpha value is -2.13. The molecule has 0 radical (unpaired) electrons. The number of sulfonamides is 1. The maximum absolute atomic E-state index is 12.3. The summed E-state index contributed by atoms with van der Waals surface area (Å²) in [6.07, 6.45) is 0. The number of aromatic carboxylic acids is 1. The molecule has 2 aromatic carbocycles. The Morgan fingerprint density at radius 3 is 2.35 bits per heavy atom. The van der Waals surface area contributed by atoms with Crippen molar-refractivity contribution in [1.29, 1.82) is 0 Å². The molecule has 0 amide bonds. The van der Waals surface area contributed by atoms with Crippen molar-refractivity contribution in [3.8, 4) is 0 Å². The van der Waals surface area contributed by atoms with Crippen LogP contribution < -0.4 is 4.72 Å². The van der Waals surface area contributed by atoms with Crippen LogP contribution in [-0.4, -0.2) is 32.0 Å². The SMILES string of the molecule is O=C(CNS(=O)(=O)c1ccc(Cl)c(C(=O)O)c1Cl)OCc1ccccc1. The number of benzene rings is 2. The van der Waals surface area contributed by atoms with Crippen molar-refractivity contribution in [1.82, 2.24) is 4.72 Å². The van der Waals surface area contributed by atoms with Crippen molar-refractivity contribution in [3.05, 3.63) is 63.6 Å². The van der Waals surface area contributed by atoms with Gasteiger partial charge >= 0.3 is 11.9 Å². The first-order valence-electron chi connectivity index (χ1n) is 7.13. The number of carbonyl (C=O) groups is 2. The molecule has 0 saturated heterocycles. The molecule has 0 aliphatic rings. The van der Waals surface area contributed by atoms with Gasteiger partial charge in [0.05, 0.1) is 15.6 Å². The van der Waals surface area contributed by atoms with Crippen LogP contribution in [0.3, 0.4) is 0 Å². The predicted molar refractivity (Wildman–Crippen MR) is 94.8 cm³/mol. The van der Waals surface area contributed by atoms with Crippen LogP contribution in [0.2, 0.25) is 10.0 Å². The van der Waals surface area contributed by atoms with E-state index >= 15 is 0 Å². The zero-order chi connectivity index (χ0) is 19.3. The highest BCUT2D eigenvalue weighted by molar-refractivity contribution is 7.89. The lowest BCUT2D eigenvalue weighted by atomic mass is 10.2. The van der Waals surface area contributed by atoms with Gasteiger partial charge in [-0.25, -0.2) is 13.2 Å². The van der Waals surface area contributed by atoms with Gasteiger partial charge in [0.2, 0.25) is 10.0 Å². The maximum atomic E-state index is 12.3. The zero-order valence-corrected chi connectivity index (χ0v) is 15.4. The normalized spacial score (nSPS) is 11.2. The summed E-state index contributed by atoms with van der Waals surface area (Å²) in [6, 6.07) is 11.0. The second-order valence-electron chi connectivity index (χ2n) is 5.01. The lowest BCUT2D eigenvalue weighted by Gasteiger charge is -2.11. The van der Waals surface area contributed by atoms with Crippen LogP contribution in [0.15, 0.2) is 47.4 Å². The molecule has 0 bridgehead atoms. The molecule has 7 nitrogen and oxygen atoms in total. The molecule has 0 aliphatic heterocycles. The first-order valence-corrected chi connectivity index (χ1v) is 9.37. The molecule has 0 spiro atoms. The summed E-state index contributed by atoms with van der Waals surface area (Å²) >= 11 is 11.6. The van der Waals surface area contributed by atoms with E-state index < -0.39 is 44.0 Å². The van der Waals surface area contributed by atoms with E-state index in [2.05, 4.69) is 0 Å². The molecule has 138 valence electrons. The minimum absolute atomic E-state index is 0.00767. The lowest BCUT2D eigenvalue weighted by Crippen LogP contribution is -2.31. The fourth-order valence-electron chi connectivity index (χ4n) is 1.96. The number of ether oxygens (including phenoxy) is 1. The van der Waals surface area contributed by atoms with Crippen LogP contribution in [0.5, 0.6) is 0 Å². The number of hydrogen-bond acceptors (Lipinski definition) is 5. The van der Waals surface area contributed by atoms with Gasteiger partial charge in [0, 0.05) is 0 Å². The molecule has 10 heteroatoms. The number of carbonyl (C=O) groups excluding carboxylic acids is 1. The van der Waals surface area contributed by atoms with E-state index in [9.17, 15) is 18.0 Å². The van der Waals surface area contributed by atoms with Gasteiger partial charge in [-0.15, -0.1) is 0 Å². The van der Waals surface area contributed by atoms with E-state index in [0.29, 0.717) is 0 Å². The molecule has 0 fully saturated rings. The third-order valence-corrected chi connectivity index (χ3v) is 5.47. The van der Waals surface area contributed by atoms with Crippen LogP contribution in [0, 0.1) is 0 Å². The van der Waals surface area contributed by atoms with Crippen molar-refractivity contribution in [2.75, 3.05) is 6.54 Å². The van der Waals surface area contributed by atoms with Gasteiger partial charge < -0.3 is 9.84 Å². The number of carboxylic acid groups (broad SMARTS) is 1. The van der Waals surface area contributed by atoms with E-state index in [4.69, 9.17) is 33.0 Å². The molecule has 26 heavy (non-hydrogen) atoms. The number of halogens is 2. The fourth-order valence-corrected chi connectivity index (χ4v) is 3.84. The molecule has 0 unspecified atom stereocenters. The number of esters is 1. The van der Waals surface area contributed by atoms with Gasteiger partial charge in [-0.05, 0) is 17.7 Å². The summed E-state index contributed by atoms with van der Waals surface area (Å²) < 4.78 is 31.5. The summed E-state index contributed by atoms with van der Waals surface area (Å²) in [5.74, 6) is -2.28. The van der Waals surface area contributed by atoms with Gasteiger partial charge in [0.1, 0.15) is 18.0 Å². The van der Waals surface area contributed by atoms with Crippen molar-refractivity contribution >= 4 is 45.2 Å². The molecular formula is C16H13Cl2NO6S. The van der Waals surface area contributed by atoms with Crippen LogP contribution in [-0.2, 0) is 26.2 Å². The molecule has 0 atom stereocenters. The smallest absolute Gasteiger partial charge is 0.338 e. The van der Waals surface area contributed by atoms with Crippen LogP contribution in [0.25, 0.3) is 0 Å². The molecule has 0 aliphatic carbocycles. The van der Waals surface area contributed by atoms with E-state index in [1.165, 1.54) is 0 Å². The number of rotatable bonds is 7. The van der Waals surface area contributed by atoms with Crippen molar-refractivity contribution < 1.29 is 27.9 Å². The minimum atomic E-state index is -4.25. The predicted octanol–water partition coefficient (Wildman–Crippen LogP) is 2.71. The van der Waals surface area contributed by atoms with E-state index in [-0.39, 0.29) is 11.6 Å². The second kappa shape index (κ2) is 8.50. The summed E-state index contributed by atoms with van der Waals surface area (Å²) in [4.78, 5) is 22.4. The second-order valence-corrected chi connectivity index (χ2v) is 7.53. The van der Waals surface area contributed by atoms with Crippen molar-refractivity contribution in [3.63, 3.8) is 0 Å². The van der Waals surface area contributed by atoms with Gasteiger partial charge in [0.25, 0.3) is 0 Å². The van der Waals surface area contributed by atoms with Crippen molar-refractivity contribution in [2.45, 2.75) is 11.5 Å². The topological polar surface area (TPSA) is 110 Å². The monoisotopic (exact) mass is 417 g/mol. The third kappa shape index (κ3) is 4.95. The average Bonchev–Trinajstić information content (AvgIpc) is 2.58. The average molecular weight is 418 g/mol. The Morgan fingerprint density at radius 1 is 1.08 bits per heavy atom. The highest BCUT2D eigenvalue weighted by Gasteiger charge is 2.25. The van der Waals surface area contributed by atoms with Gasteiger partial charge in [-0.3, -0.25) is 4.79 Å². The Labute approximate surface area is 159 Å². The van der Waals surface area contributed by atoms with E-state index in [1.807, 2.05) is 4.72 Å². The van der Waals surface area contributed by atoms with Gasteiger partial charge in [-0.2, -0.15) is 4.72 Å². The Balaban J connectivity index is 2.06. The summed E-state index contributed by atoms with van der Waals surface area (Å²) in [5, 5.41) is 8.32. The van der Waals surface area contributed by atoms with E-state index in [0.717, 1.165) is 17.7 Å². The van der Waals surface area contributed by atoms with Crippen LogP contribution in [0.1, 0.15) is 15.9 Å². The molecule has 0 saturated carbocycles. The summed E-state index contributed by atoms with van der Waals surface area (Å²) in [7, 11) is -4.25. The Bertz CT molecular complexity index is 931. The Kier molecular flexibility index (Phi) is 6.60. The quantitative estimate of drug-likeness (QED) is 0.670. The third-order valence-electron chi connectivity index (χ3n) is 3.21. The number of carboxylic acids is 1. The van der Waals surface area contributed by atoms with Gasteiger partial charge in [-0.1, -0.05) is 53.5 Å². The standard InChI is InChI=1S/C16H13Cl2NO6S/c17-11-6-7-12(15(18)14(11)16(21)22)26(23,24)19-8-13(20)25-9-10-4-2-1-3-5-10/h1-7,19H,8-9H2,(H,21,22). The first-order chi connectivity index (χ1) is 12.2. The summed E-state index contributed by atoms with van der Waals surface area (Å²) in [5.41, 5.74) is 0.207. The van der Waals surface area contributed by atoms with Crippen molar-refractivity contribution in [2.24, 2.45) is 0 Å². The summed E-state index contributed by atoms with van der Waals surface area (Å²) in [6.45, 7) is -0.650. The molecular weight excluding hydrogens is 405 g/mol. The molecule has 0 aromatic heterocycles. The van der Waals surface area contributed by atoms with E-state index in [1.54, 1.807) is 30.3 Å². The van der Waals surface area contributed by atoms with Gasteiger partial charge in [0.15, 0.2) is 0 Å². The minimum Gasteiger partial charge on any atom is -0.478 e. The highest BCUT2D eigenvalue weighted by atomic mass is 35.5. The largest absolute Gasteiger partial charge is 0.478 e. The number of hydrogen-bond donors (Lipinski definition) is 2. The zero-order valence-electron chi connectivity index (χ0n) is 13.1. The maximum Gasteiger partial charge on any atom is 0.338 e. The molecule has 0 heterocycles. The van der Waals surface area contributed by atoms with Crippen LogP contribution >= 0.6 is 23.2 Å². The van der Waals surface area contributed by atoms with Crippen LogP contribution in [0.4, 0.5) is 0 Å². The molecule has 2 aromatic rings. The molecule has 2 rings (SSSR count). The highest BCUT2D eigenvalue weighted by Crippen LogP contribution is 2.30. The number of nitrogens with one attached hydrogen (secondary N) is 1. The fraction of sp³-hybridized carbons (Fsp3) is 0.125.